The van der Waals surface area contributed by atoms with E-state index in [0.29, 0.717) is 5.69 Å². The van der Waals surface area contributed by atoms with E-state index in [2.05, 4.69) is 21.2 Å². The van der Waals surface area contributed by atoms with Gasteiger partial charge in [0.2, 0.25) is 0 Å². The van der Waals surface area contributed by atoms with Gasteiger partial charge in [0, 0.05) is 16.2 Å². The van der Waals surface area contributed by atoms with Crippen LogP contribution in [0.2, 0.25) is 5.02 Å². The summed E-state index contributed by atoms with van der Waals surface area (Å²) >= 11 is 9.20. The highest BCUT2D eigenvalue weighted by Crippen LogP contribution is 2.29. The fraction of sp³-hybridized carbons (Fsp3) is 0.125. The molecular weight excluding hydrogens is 400 g/mol. The minimum atomic E-state index is -0.738. The van der Waals surface area contributed by atoms with Crippen LogP contribution in [0.15, 0.2) is 40.9 Å². The lowest BCUT2D eigenvalue weighted by atomic mass is 10.2. The van der Waals surface area contributed by atoms with Crippen LogP contribution in [0.25, 0.3) is 0 Å². The van der Waals surface area contributed by atoms with Crippen molar-refractivity contribution < 1.29 is 19.1 Å². The molecule has 24 heavy (non-hydrogen) atoms. The molecule has 0 aliphatic carbocycles. The maximum atomic E-state index is 12.1. The van der Waals surface area contributed by atoms with Crippen LogP contribution < -0.4 is 15.8 Å². The predicted octanol–water partition coefficient (Wildman–Crippen LogP) is 3.49. The highest BCUT2D eigenvalue weighted by atomic mass is 79.9. The molecule has 0 saturated carbocycles. The van der Waals surface area contributed by atoms with E-state index < -0.39 is 18.5 Å². The number of benzene rings is 2. The van der Waals surface area contributed by atoms with Crippen LogP contribution in [-0.2, 0) is 9.53 Å². The van der Waals surface area contributed by atoms with E-state index in [4.69, 9.17) is 26.8 Å². The number of carbonyl (C=O) groups is 2. The first-order valence-electron chi connectivity index (χ1n) is 6.76. The second kappa shape index (κ2) is 8.03. The molecule has 8 heteroatoms. The fourth-order valence-corrected chi connectivity index (χ4v) is 2.43. The third-order valence-electron chi connectivity index (χ3n) is 2.98. The first kappa shape index (κ1) is 18.1. The average molecular weight is 414 g/mol. The number of ether oxygens (including phenoxy) is 2. The summed E-state index contributed by atoms with van der Waals surface area (Å²) in [5, 5.41) is 2.81. The summed E-state index contributed by atoms with van der Waals surface area (Å²) in [7, 11) is 1.39. The highest BCUT2D eigenvalue weighted by Gasteiger charge is 2.17. The Balaban J connectivity index is 2.00. The normalized spacial score (nSPS) is 10.1. The number of hydrogen-bond donors (Lipinski definition) is 2. The van der Waals surface area contributed by atoms with E-state index in [1.54, 1.807) is 18.2 Å². The molecule has 1 amide bonds. The molecule has 3 N–H and O–H groups in total. The first-order chi connectivity index (χ1) is 11.4. The molecule has 0 saturated heterocycles. The van der Waals surface area contributed by atoms with Gasteiger partial charge in [0.15, 0.2) is 6.61 Å². The topological polar surface area (TPSA) is 90.7 Å². The van der Waals surface area contributed by atoms with E-state index >= 15 is 0 Å². The van der Waals surface area contributed by atoms with Gasteiger partial charge in [-0.1, -0.05) is 33.6 Å². The maximum absolute atomic E-state index is 12.1. The van der Waals surface area contributed by atoms with Gasteiger partial charge < -0.3 is 20.5 Å². The lowest BCUT2D eigenvalue weighted by Gasteiger charge is -2.11. The molecule has 2 aromatic rings. The Labute approximate surface area is 152 Å². The summed E-state index contributed by atoms with van der Waals surface area (Å²) in [6.07, 6.45) is 0. The summed E-state index contributed by atoms with van der Waals surface area (Å²) in [5.74, 6) is -0.991. The third-order valence-corrected chi connectivity index (χ3v) is 3.80. The number of nitrogen functional groups attached to an aromatic ring is 1. The van der Waals surface area contributed by atoms with Crippen LogP contribution in [0.5, 0.6) is 5.75 Å². The van der Waals surface area contributed by atoms with E-state index in [1.807, 2.05) is 6.07 Å². The second-order valence-electron chi connectivity index (χ2n) is 4.71. The average Bonchev–Trinajstić information content (AvgIpc) is 2.54. The SMILES string of the molecule is COc1cc(N)c(Cl)cc1C(=O)OCC(=O)Nc1cccc(Br)c1. The van der Waals surface area contributed by atoms with E-state index in [0.717, 1.165) is 4.47 Å². The highest BCUT2D eigenvalue weighted by molar-refractivity contribution is 9.10. The Bertz CT molecular complexity index is 783. The standard InChI is InChI=1S/C16H14BrClN2O4/c1-23-14-7-13(19)12(18)6-11(14)16(22)24-8-15(21)20-10-4-2-3-9(17)5-10/h2-7H,8,19H2,1H3,(H,20,21). The Morgan fingerprint density at radius 2 is 2.04 bits per heavy atom. The molecule has 0 aliphatic rings. The third kappa shape index (κ3) is 4.62. The Morgan fingerprint density at radius 1 is 1.29 bits per heavy atom. The number of anilines is 2. The molecule has 6 nitrogen and oxygen atoms in total. The zero-order valence-corrected chi connectivity index (χ0v) is 15.0. The first-order valence-corrected chi connectivity index (χ1v) is 7.93. The van der Waals surface area contributed by atoms with Crippen LogP contribution in [0.4, 0.5) is 11.4 Å². The number of esters is 1. The summed E-state index contributed by atoms with van der Waals surface area (Å²) in [6, 6.07) is 9.79. The largest absolute Gasteiger partial charge is 0.496 e. The molecule has 0 aliphatic heterocycles. The lowest BCUT2D eigenvalue weighted by Crippen LogP contribution is -2.21. The molecule has 2 rings (SSSR count). The van der Waals surface area contributed by atoms with Crippen molar-refractivity contribution in [3.8, 4) is 5.75 Å². The molecule has 0 radical (unpaired) electrons. The van der Waals surface area contributed by atoms with Crippen molar-refractivity contribution in [2.24, 2.45) is 0 Å². The van der Waals surface area contributed by atoms with E-state index in [1.165, 1.54) is 19.2 Å². The van der Waals surface area contributed by atoms with E-state index in [-0.39, 0.29) is 22.0 Å². The van der Waals surface area contributed by atoms with Crippen LogP contribution >= 0.6 is 27.5 Å². The van der Waals surface area contributed by atoms with Gasteiger partial charge in [0.05, 0.1) is 17.8 Å². The van der Waals surface area contributed by atoms with Crippen LogP contribution in [-0.4, -0.2) is 25.6 Å². The number of rotatable bonds is 5. The number of nitrogens with two attached hydrogens (primary N) is 1. The molecule has 0 heterocycles. The van der Waals surface area contributed by atoms with Gasteiger partial charge >= 0.3 is 5.97 Å². The molecule has 126 valence electrons. The van der Waals surface area contributed by atoms with Crippen molar-refractivity contribution in [1.82, 2.24) is 0 Å². The molecular formula is C16H14BrClN2O4. The van der Waals surface area contributed by atoms with Gasteiger partial charge in [-0.25, -0.2) is 4.79 Å². The Hall–Kier alpha value is -2.25. The minimum Gasteiger partial charge on any atom is -0.496 e. The zero-order valence-electron chi connectivity index (χ0n) is 12.6. The van der Waals surface area contributed by atoms with Crippen molar-refractivity contribution in [2.45, 2.75) is 0 Å². The number of methoxy groups -OCH3 is 1. The minimum absolute atomic E-state index is 0.0898. The smallest absolute Gasteiger partial charge is 0.342 e. The van der Waals surface area contributed by atoms with Crippen molar-refractivity contribution in [3.63, 3.8) is 0 Å². The number of hydrogen-bond acceptors (Lipinski definition) is 5. The zero-order chi connectivity index (χ0) is 17.7. The van der Waals surface area contributed by atoms with Gasteiger partial charge in [-0.05, 0) is 24.3 Å². The molecule has 0 atom stereocenters. The molecule has 2 aromatic carbocycles. The lowest BCUT2D eigenvalue weighted by molar-refractivity contribution is -0.119. The maximum Gasteiger partial charge on any atom is 0.342 e. The quantitative estimate of drug-likeness (QED) is 0.578. The number of carbonyl (C=O) groups excluding carboxylic acids is 2. The molecule has 0 fully saturated rings. The van der Waals surface area contributed by atoms with Crippen molar-refractivity contribution in [2.75, 3.05) is 24.8 Å². The van der Waals surface area contributed by atoms with Gasteiger partial charge in [-0.15, -0.1) is 0 Å². The van der Waals surface area contributed by atoms with Crippen molar-refractivity contribution in [3.05, 3.63) is 51.5 Å². The molecule has 0 aromatic heterocycles. The summed E-state index contributed by atoms with van der Waals surface area (Å²) in [6.45, 7) is -0.448. The van der Waals surface area contributed by atoms with Crippen LogP contribution in [0, 0.1) is 0 Å². The number of halogens is 2. The van der Waals surface area contributed by atoms with Gasteiger partial charge in [-0.2, -0.15) is 0 Å². The summed E-state index contributed by atoms with van der Waals surface area (Å²) in [5.41, 5.74) is 6.60. The molecule has 0 bridgehead atoms. The van der Waals surface area contributed by atoms with E-state index in [9.17, 15) is 9.59 Å². The van der Waals surface area contributed by atoms with Crippen molar-refractivity contribution in [1.29, 1.82) is 0 Å². The molecule has 0 spiro atoms. The van der Waals surface area contributed by atoms with Crippen molar-refractivity contribution >= 4 is 50.8 Å². The molecule has 0 unspecified atom stereocenters. The Kier molecular flexibility index (Phi) is 6.05. The Morgan fingerprint density at radius 3 is 2.71 bits per heavy atom. The predicted molar refractivity (Wildman–Crippen MR) is 95.5 cm³/mol. The van der Waals surface area contributed by atoms with Gasteiger partial charge in [0.1, 0.15) is 11.3 Å². The van der Waals surface area contributed by atoms with Crippen LogP contribution in [0.1, 0.15) is 10.4 Å². The van der Waals surface area contributed by atoms with Gasteiger partial charge in [-0.3, -0.25) is 4.79 Å². The second-order valence-corrected chi connectivity index (χ2v) is 6.03. The number of nitrogens with one attached hydrogen (secondary N) is 1. The summed E-state index contributed by atoms with van der Waals surface area (Å²) in [4.78, 5) is 24.0. The number of amides is 1. The fourth-order valence-electron chi connectivity index (χ4n) is 1.87. The monoisotopic (exact) mass is 412 g/mol. The van der Waals surface area contributed by atoms with Crippen LogP contribution in [0.3, 0.4) is 0 Å². The van der Waals surface area contributed by atoms with Gasteiger partial charge in [0.25, 0.3) is 5.91 Å². The summed E-state index contributed by atoms with van der Waals surface area (Å²) < 4.78 is 10.9.